The van der Waals surface area contributed by atoms with Crippen LogP contribution in [0.25, 0.3) is 0 Å². The van der Waals surface area contributed by atoms with Crippen LogP contribution in [-0.2, 0) is 59.4 Å². The quantitative estimate of drug-likeness (QED) is 0.0360. The van der Waals surface area contributed by atoms with E-state index in [-0.39, 0.29) is 86.0 Å². The number of fused-ring (bicyclic) bond motifs is 2. The van der Waals surface area contributed by atoms with Crippen molar-refractivity contribution >= 4 is 47.5 Å². The molecule has 0 spiro atoms. The van der Waals surface area contributed by atoms with Crippen molar-refractivity contribution in [3.05, 3.63) is 117 Å². The Morgan fingerprint density at radius 1 is 0.653 bits per heavy atom. The summed E-state index contributed by atoms with van der Waals surface area (Å²) in [6.45, 7) is 21.3. The van der Waals surface area contributed by atoms with Gasteiger partial charge in [-0.25, -0.2) is 24.2 Å². The number of urea groups is 1. The Kier molecular flexibility index (Phi) is 30.5. The lowest BCUT2D eigenvalue weighted by Crippen LogP contribution is -2.48. The van der Waals surface area contributed by atoms with E-state index in [0.717, 1.165) is 61.2 Å². The molecule has 8 rings (SSSR count). The summed E-state index contributed by atoms with van der Waals surface area (Å²) < 4.78 is 46.5. The zero-order chi connectivity index (χ0) is 71.7. The minimum atomic E-state index is -0.660. The van der Waals surface area contributed by atoms with Gasteiger partial charge >= 0.3 is 18.2 Å². The van der Waals surface area contributed by atoms with Crippen LogP contribution < -0.4 is 29.6 Å². The first-order chi connectivity index (χ1) is 46.5. The molecule has 538 valence electrons. The summed E-state index contributed by atoms with van der Waals surface area (Å²) >= 11 is 0. The van der Waals surface area contributed by atoms with Crippen molar-refractivity contribution in [2.75, 3.05) is 73.0 Å². The number of carbonyl (C=O) groups excluding carboxylic acids is 6. The van der Waals surface area contributed by atoms with Crippen molar-refractivity contribution in [2.45, 2.75) is 207 Å². The molecule has 24 nitrogen and oxygen atoms in total. The fourth-order valence-electron chi connectivity index (χ4n) is 11.8. The number of aliphatic imine (C=N–C) groups is 1. The fourth-order valence-corrected chi connectivity index (χ4v) is 11.8. The maximum absolute atomic E-state index is 14.0. The lowest BCUT2D eigenvalue weighted by atomic mass is 9.96. The number of hydrogen-bond donors (Lipinski definition) is 2. The smallest absolute Gasteiger partial charge is 0.410 e. The molecule has 98 heavy (non-hydrogen) atoms. The van der Waals surface area contributed by atoms with Gasteiger partial charge in [0, 0.05) is 74.0 Å². The number of nitrogens with zero attached hydrogens (tertiary/aromatic N) is 6. The maximum atomic E-state index is 14.0. The highest BCUT2D eigenvalue weighted by Crippen LogP contribution is 2.33. The van der Waals surface area contributed by atoms with Crippen molar-refractivity contribution in [2.24, 2.45) is 16.8 Å². The van der Waals surface area contributed by atoms with Crippen molar-refractivity contribution in [1.29, 1.82) is 0 Å². The highest BCUT2D eigenvalue weighted by atomic mass is 16.6. The molecule has 4 aliphatic rings. The van der Waals surface area contributed by atoms with Gasteiger partial charge in [0.15, 0.2) is 0 Å². The van der Waals surface area contributed by atoms with Gasteiger partial charge in [0.2, 0.25) is 17.9 Å². The number of nitro benzene ring substituents is 1. The number of non-ortho nitro benzene ring substituents is 1. The van der Waals surface area contributed by atoms with Gasteiger partial charge in [0.05, 0.1) is 89.6 Å². The molecule has 0 bridgehead atoms. The SMILES string of the molecule is COc1ccc(COC[C@H](C)N2C[C@@H](C)[C@H](CN(C)C(=O)OC(C)(C)C)Oc3ccc(NC(=O)NC4CCCCC4)cc3CC2=O)cc1.COc1ccc(COC[C@H](C)N2C[C@@H](C)[C@H](CN(C)C(=O)OC(C)(C)C)Oc3ccc([N+](=O)[O-])cc3CC2=O)cc1.O=C=NC1CCCCC1. The lowest BCUT2D eigenvalue weighted by Gasteiger charge is -2.34. The third-order valence-corrected chi connectivity index (χ3v) is 17.4. The summed E-state index contributed by atoms with van der Waals surface area (Å²) in [6, 6.07) is 24.6. The first-order valence-electron chi connectivity index (χ1n) is 34.3. The number of anilines is 1. The van der Waals surface area contributed by atoms with Gasteiger partial charge in [-0.15, -0.1) is 0 Å². The molecule has 2 fully saturated rings. The molecule has 24 heteroatoms. The van der Waals surface area contributed by atoms with Crippen molar-refractivity contribution < 1.29 is 71.6 Å². The predicted octanol–water partition coefficient (Wildman–Crippen LogP) is 12.9. The Morgan fingerprint density at radius 2 is 1.08 bits per heavy atom. The normalized spacial score (nSPS) is 19.1. The van der Waals surface area contributed by atoms with Crippen molar-refractivity contribution in [3.63, 3.8) is 0 Å². The minimum Gasteiger partial charge on any atom is -0.497 e. The molecule has 0 saturated heterocycles. The zero-order valence-corrected chi connectivity index (χ0v) is 60.1. The monoisotopic (exact) mass is 1360 g/mol. The molecular formula is C74H106N8O16. The highest BCUT2D eigenvalue weighted by Gasteiger charge is 2.36. The van der Waals surface area contributed by atoms with E-state index in [1.807, 2.05) is 102 Å². The topological polar surface area (TPSA) is 269 Å². The first-order valence-corrected chi connectivity index (χ1v) is 34.3. The molecule has 0 unspecified atom stereocenters. The average molecular weight is 1360 g/mol. The molecule has 2 saturated carbocycles. The number of rotatable bonds is 20. The van der Waals surface area contributed by atoms with Gasteiger partial charge in [-0.3, -0.25) is 19.7 Å². The predicted molar refractivity (Wildman–Crippen MR) is 374 cm³/mol. The number of hydrogen-bond acceptors (Lipinski definition) is 17. The third kappa shape index (κ3) is 26.1. The van der Waals surface area contributed by atoms with E-state index in [9.17, 15) is 38.9 Å². The van der Waals surface area contributed by atoms with E-state index in [1.54, 1.807) is 78.3 Å². The molecule has 4 aromatic rings. The van der Waals surface area contributed by atoms with Gasteiger partial charge < -0.3 is 68.1 Å². The van der Waals surface area contributed by atoms with Crippen LogP contribution in [0, 0.1) is 22.0 Å². The number of carbonyl (C=O) groups is 5. The minimum absolute atomic E-state index is 0.0683. The zero-order valence-electron chi connectivity index (χ0n) is 60.1. The van der Waals surface area contributed by atoms with Crippen molar-refractivity contribution in [3.8, 4) is 23.0 Å². The van der Waals surface area contributed by atoms with Crippen LogP contribution in [0.4, 0.5) is 25.8 Å². The van der Waals surface area contributed by atoms with E-state index >= 15 is 0 Å². The Hall–Kier alpha value is -8.47. The number of amides is 6. The summed E-state index contributed by atoms with van der Waals surface area (Å²) in [5, 5.41) is 17.5. The number of ether oxygens (including phenoxy) is 8. The summed E-state index contributed by atoms with van der Waals surface area (Å²) in [7, 11) is 6.56. The number of methoxy groups -OCH3 is 2. The van der Waals surface area contributed by atoms with E-state index < -0.39 is 40.5 Å². The summed E-state index contributed by atoms with van der Waals surface area (Å²) in [4.78, 5) is 97.0. The second kappa shape index (κ2) is 38.0. The highest BCUT2D eigenvalue weighted by molar-refractivity contribution is 5.90. The van der Waals surface area contributed by atoms with Crippen LogP contribution in [0.1, 0.15) is 156 Å². The summed E-state index contributed by atoms with van der Waals surface area (Å²) in [6.07, 6.45) is 11.1. The number of isocyanates is 1. The Labute approximate surface area is 578 Å². The van der Waals surface area contributed by atoms with Crippen LogP contribution in [-0.4, -0.2) is 176 Å². The molecule has 2 aliphatic carbocycles. The second-order valence-corrected chi connectivity index (χ2v) is 28.2. The van der Waals surface area contributed by atoms with Crippen LogP contribution in [0.2, 0.25) is 0 Å². The molecular weight excluding hydrogens is 1260 g/mol. The van der Waals surface area contributed by atoms with Crippen LogP contribution in [0.5, 0.6) is 23.0 Å². The van der Waals surface area contributed by atoms with Crippen molar-refractivity contribution in [1.82, 2.24) is 24.9 Å². The van der Waals surface area contributed by atoms with E-state index in [4.69, 9.17) is 37.9 Å². The lowest BCUT2D eigenvalue weighted by molar-refractivity contribution is -0.384. The number of nitrogens with one attached hydrogen (secondary N) is 2. The van der Waals surface area contributed by atoms with E-state index in [0.29, 0.717) is 67.3 Å². The van der Waals surface area contributed by atoms with Gasteiger partial charge in [0.25, 0.3) is 5.69 Å². The van der Waals surface area contributed by atoms with E-state index in [1.165, 1.54) is 53.7 Å². The standard InChI is InChI=1S/C37H54N4O7.C30H41N3O8.C7H11NO/c1-25-21-41(26(2)23-46-24-27-13-16-31(45-7)17-14-27)34(42)20-28-19-30(39-35(43)38-29-11-9-8-10-12-29)15-18-32(28)47-33(25)22-40(6)36(44)48-37(3,4)5;1-20-16-32(21(2)18-39-19-22-8-11-25(38-7)12-9-22)28(34)15-23-14-24(33(36)37)10-13-26(23)40-27(20)17-31(6)29(35)41-30(3,4)5;9-6-8-7-4-2-1-3-5-7/h13-19,25-26,29,33H,8-12,20-24H2,1-7H3,(H2,38,39,43);8-14,20-21,27H,15-19H2,1-7H3;7H,1-5H2/t25-,26+,33+;20-,21+,27+;/m11./s1. The van der Waals surface area contributed by atoms with Gasteiger partial charge in [-0.05, 0) is 141 Å². The molecule has 0 radical (unpaired) electrons. The number of nitro groups is 1. The second-order valence-electron chi connectivity index (χ2n) is 28.2. The summed E-state index contributed by atoms with van der Waals surface area (Å²) in [5.74, 6) is 1.85. The molecule has 2 heterocycles. The first kappa shape index (κ1) is 78.5. The van der Waals surface area contributed by atoms with Gasteiger partial charge in [-0.2, -0.15) is 0 Å². The Balaban J connectivity index is 0.000000276. The molecule has 4 aromatic carbocycles. The molecule has 2 N–H and O–H groups in total. The van der Waals surface area contributed by atoms with Gasteiger partial charge in [-0.1, -0.05) is 76.6 Å². The number of likely N-dealkylation sites (N-methyl/N-ethyl adjacent to an activating group) is 2. The van der Waals surface area contributed by atoms with Crippen LogP contribution >= 0.6 is 0 Å². The Bertz CT molecular complexity index is 3260. The molecule has 6 atom stereocenters. The third-order valence-electron chi connectivity index (χ3n) is 17.4. The fraction of sp³-hybridized carbons (Fsp3) is 0.595. The maximum Gasteiger partial charge on any atom is 0.410 e. The van der Waals surface area contributed by atoms with Gasteiger partial charge in [0.1, 0.15) is 46.4 Å². The molecule has 0 aromatic heterocycles. The largest absolute Gasteiger partial charge is 0.497 e. The summed E-state index contributed by atoms with van der Waals surface area (Å²) in [5.41, 5.74) is 2.21. The van der Waals surface area contributed by atoms with Crippen LogP contribution in [0.15, 0.2) is 89.9 Å². The molecule has 2 aliphatic heterocycles. The average Bonchev–Trinajstić information content (AvgIpc) is 1.64. The Morgan fingerprint density at radius 3 is 1.50 bits per heavy atom. The molecule has 6 amide bonds. The van der Waals surface area contributed by atoms with Crippen LogP contribution in [0.3, 0.4) is 0 Å². The number of benzene rings is 4. The van der Waals surface area contributed by atoms with E-state index in [2.05, 4.69) is 15.6 Å².